The van der Waals surface area contributed by atoms with E-state index in [0.717, 1.165) is 25.7 Å². The van der Waals surface area contributed by atoms with Gasteiger partial charge >= 0.3 is 0 Å². The number of hydrogen-bond acceptors (Lipinski definition) is 3. The molecule has 1 amide bonds. The molecule has 0 radical (unpaired) electrons. The molecule has 3 N–H and O–H groups in total. The molecule has 0 heterocycles. The van der Waals surface area contributed by atoms with E-state index in [4.69, 9.17) is 10.5 Å². The number of halogens is 2. The largest absolute Gasteiger partial charge is 0.482 e. The van der Waals surface area contributed by atoms with E-state index in [1.54, 1.807) is 0 Å². The van der Waals surface area contributed by atoms with Crippen molar-refractivity contribution in [2.75, 3.05) is 12.3 Å². The highest BCUT2D eigenvalue weighted by Crippen LogP contribution is 2.28. The number of anilines is 1. The molecular weight excluding hydrogens is 315 g/mol. The second-order valence-corrected chi connectivity index (χ2v) is 5.50. The van der Waals surface area contributed by atoms with Crippen LogP contribution in [-0.2, 0) is 4.79 Å². The first kappa shape index (κ1) is 14.1. The summed E-state index contributed by atoms with van der Waals surface area (Å²) < 4.78 is 18.8. The Morgan fingerprint density at radius 3 is 2.84 bits per heavy atom. The van der Waals surface area contributed by atoms with Gasteiger partial charge in [0.25, 0.3) is 5.91 Å². The molecule has 1 aliphatic carbocycles. The first-order valence-electron chi connectivity index (χ1n) is 6.23. The van der Waals surface area contributed by atoms with Crippen LogP contribution in [0.4, 0.5) is 10.1 Å². The second kappa shape index (κ2) is 6.23. The van der Waals surface area contributed by atoms with E-state index in [2.05, 4.69) is 21.2 Å². The molecule has 19 heavy (non-hydrogen) atoms. The highest BCUT2D eigenvalue weighted by atomic mass is 79.9. The van der Waals surface area contributed by atoms with Gasteiger partial charge in [0, 0.05) is 12.1 Å². The van der Waals surface area contributed by atoms with Crippen LogP contribution in [0.5, 0.6) is 5.75 Å². The lowest BCUT2D eigenvalue weighted by molar-refractivity contribution is -0.123. The van der Waals surface area contributed by atoms with Crippen LogP contribution in [0.2, 0.25) is 0 Å². The first-order valence-corrected chi connectivity index (χ1v) is 7.02. The van der Waals surface area contributed by atoms with Crippen LogP contribution in [-0.4, -0.2) is 18.6 Å². The smallest absolute Gasteiger partial charge is 0.258 e. The summed E-state index contributed by atoms with van der Waals surface area (Å²) in [7, 11) is 0. The number of carbonyl (C=O) groups is 1. The molecule has 1 fully saturated rings. The van der Waals surface area contributed by atoms with Gasteiger partial charge in [-0.3, -0.25) is 4.79 Å². The SMILES string of the molecule is Nc1cc(Br)c(F)cc1OCC(=O)NC1CCCC1. The number of nitrogens with one attached hydrogen (secondary N) is 1. The molecule has 0 saturated heterocycles. The molecule has 1 aliphatic rings. The number of benzene rings is 1. The fraction of sp³-hybridized carbons (Fsp3) is 0.462. The summed E-state index contributed by atoms with van der Waals surface area (Å²) in [6, 6.07) is 2.83. The minimum absolute atomic E-state index is 0.151. The fourth-order valence-electron chi connectivity index (χ4n) is 2.15. The third kappa shape index (κ3) is 3.83. The summed E-state index contributed by atoms with van der Waals surface area (Å²) in [5, 5.41) is 2.89. The van der Waals surface area contributed by atoms with Gasteiger partial charge in [-0.1, -0.05) is 12.8 Å². The molecule has 0 unspecified atom stereocenters. The molecule has 0 atom stereocenters. The van der Waals surface area contributed by atoms with Gasteiger partial charge in [0.2, 0.25) is 0 Å². The van der Waals surface area contributed by atoms with E-state index in [9.17, 15) is 9.18 Å². The molecule has 1 saturated carbocycles. The van der Waals surface area contributed by atoms with Gasteiger partial charge in [0.05, 0.1) is 10.2 Å². The van der Waals surface area contributed by atoms with E-state index in [1.165, 1.54) is 12.1 Å². The normalized spacial score (nSPS) is 15.5. The van der Waals surface area contributed by atoms with E-state index in [-0.39, 0.29) is 28.8 Å². The van der Waals surface area contributed by atoms with Gasteiger partial charge in [0.15, 0.2) is 6.61 Å². The van der Waals surface area contributed by atoms with Crippen LogP contribution in [0.3, 0.4) is 0 Å². The van der Waals surface area contributed by atoms with Crippen LogP contribution in [0.25, 0.3) is 0 Å². The Morgan fingerprint density at radius 1 is 1.47 bits per heavy atom. The first-order chi connectivity index (χ1) is 9.06. The number of amides is 1. The molecule has 0 bridgehead atoms. The fourth-order valence-corrected chi connectivity index (χ4v) is 2.51. The molecule has 2 rings (SSSR count). The van der Waals surface area contributed by atoms with E-state index < -0.39 is 5.82 Å². The standard InChI is InChI=1S/C13H16BrFN2O2/c14-9-5-11(16)12(6-10(9)15)19-7-13(18)17-8-3-1-2-4-8/h5-6,8H,1-4,7,16H2,(H,17,18). The minimum atomic E-state index is -0.472. The van der Waals surface area contributed by atoms with Crippen molar-refractivity contribution in [2.24, 2.45) is 0 Å². The Hall–Kier alpha value is -1.30. The van der Waals surface area contributed by atoms with Crippen molar-refractivity contribution < 1.29 is 13.9 Å². The Bertz CT molecular complexity index is 476. The molecule has 0 aromatic heterocycles. The Labute approximate surface area is 119 Å². The van der Waals surface area contributed by atoms with Crippen molar-refractivity contribution in [1.82, 2.24) is 5.32 Å². The maximum Gasteiger partial charge on any atom is 0.258 e. The Kier molecular flexibility index (Phi) is 4.63. The third-order valence-electron chi connectivity index (χ3n) is 3.13. The highest BCUT2D eigenvalue weighted by Gasteiger charge is 2.17. The van der Waals surface area contributed by atoms with Crippen molar-refractivity contribution in [3.63, 3.8) is 0 Å². The van der Waals surface area contributed by atoms with Gasteiger partial charge in [-0.2, -0.15) is 0 Å². The summed E-state index contributed by atoms with van der Waals surface area (Å²) in [6.07, 6.45) is 4.33. The summed E-state index contributed by atoms with van der Waals surface area (Å²) in [5.74, 6) is -0.489. The van der Waals surface area contributed by atoms with Gasteiger partial charge in [-0.15, -0.1) is 0 Å². The lowest BCUT2D eigenvalue weighted by Crippen LogP contribution is -2.36. The van der Waals surface area contributed by atoms with Crippen LogP contribution < -0.4 is 15.8 Å². The Morgan fingerprint density at radius 2 is 2.16 bits per heavy atom. The van der Waals surface area contributed by atoms with Crippen molar-refractivity contribution in [3.8, 4) is 5.75 Å². The summed E-state index contributed by atoms with van der Waals surface area (Å²) >= 11 is 3.03. The van der Waals surface area contributed by atoms with E-state index in [0.29, 0.717) is 5.69 Å². The number of nitrogens with two attached hydrogens (primary N) is 1. The zero-order valence-electron chi connectivity index (χ0n) is 10.4. The van der Waals surface area contributed by atoms with E-state index in [1.807, 2.05) is 0 Å². The van der Waals surface area contributed by atoms with Crippen LogP contribution in [0.15, 0.2) is 16.6 Å². The number of ether oxygens (including phenoxy) is 1. The lowest BCUT2D eigenvalue weighted by Gasteiger charge is -2.13. The molecule has 0 spiro atoms. The Balaban J connectivity index is 1.87. The predicted molar refractivity (Wildman–Crippen MR) is 74.4 cm³/mol. The molecular formula is C13H16BrFN2O2. The van der Waals surface area contributed by atoms with Crippen LogP contribution in [0, 0.1) is 5.82 Å². The monoisotopic (exact) mass is 330 g/mol. The zero-order valence-corrected chi connectivity index (χ0v) is 12.0. The molecule has 104 valence electrons. The maximum absolute atomic E-state index is 13.3. The van der Waals surface area contributed by atoms with Crippen molar-refractivity contribution in [2.45, 2.75) is 31.7 Å². The molecule has 0 aliphatic heterocycles. The average Bonchev–Trinajstić information content (AvgIpc) is 2.85. The van der Waals surface area contributed by atoms with E-state index >= 15 is 0 Å². The molecule has 1 aromatic rings. The van der Waals surface area contributed by atoms with Gasteiger partial charge in [0.1, 0.15) is 11.6 Å². The lowest BCUT2D eigenvalue weighted by atomic mass is 10.2. The average molecular weight is 331 g/mol. The summed E-state index contributed by atoms with van der Waals surface area (Å²) in [4.78, 5) is 11.7. The van der Waals surface area contributed by atoms with Gasteiger partial charge in [-0.25, -0.2) is 4.39 Å². The predicted octanol–water partition coefficient (Wildman–Crippen LogP) is 2.61. The zero-order chi connectivity index (χ0) is 13.8. The highest BCUT2D eigenvalue weighted by molar-refractivity contribution is 9.10. The quantitative estimate of drug-likeness (QED) is 0.834. The molecule has 6 heteroatoms. The summed E-state index contributed by atoms with van der Waals surface area (Å²) in [5.41, 5.74) is 5.98. The number of carbonyl (C=O) groups excluding carboxylic acids is 1. The topological polar surface area (TPSA) is 64.3 Å². The minimum Gasteiger partial charge on any atom is -0.482 e. The maximum atomic E-state index is 13.3. The van der Waals surface area contributed by atoms with Gasteiger partial charge in [-0.05, 0) is 34.8 Å². The van der Waals surface area contributed by atoms with Crippen LogP contribution in [0.1, 0.15) is 25.7 Å². The number of nitrogen functional groups attached to an aromatic ring is 1. The van der Waals surface area contributed by atoms with Crippen molar-refractivity contribution in [1.29, 1.82) is 0 Å². The second-order valence-electron chi connectivity index (χ2n) is 4.64. The molecule has 1 aromatic carbocycles. The van der Waals surface area contributed by atoms with Gasteiger partial charge < -0.3 is 15.8 Å². The van der Waals surface area contributed by atoms with Crippen LogP contribution >= 0.6 is 15.9 Å². The van der Waals surface area contributed by atoms with Crippen molar-refractivity contribution in [3.05, 3.63) is 22.4 Å². The third-order valence-corrected chi connectivity index (χ3v) is 3.74. The number of rotatable bonds is 4. The number of hydrogen-bond donors (Lipinski definition) is 2. The van der Waals surface area contributed by atoms with Crippen molar-refractivity contribution >= 4 is 27.5 Å². The summed E-state index contributed by atoms with van der Waals surface area (Å²) in [6.45, 7) is -0.151. The molecule has 4 nitrogen and oxygen atoms in total.